The molecule has 2 aromatic rings. The Morgan fingerprint density at radius 3 is 1.80 bits per heavy atom. The van der Waals surface area contributed by atoms with Gasteiger partial charge in [-0.1, -0.05) is 24.3 Å². The third kappa shape index (κ3) is 1.95. The maximum absolute atomic E-state index is 6.65. The number of fused-ring (bicyclic) bond motifs is 2. The van der Waals surface area contributed by atoms with Crippen molar-refractivity contribution in [2.45, 2.75) is 18.2 Å². The molecule has 20 heavy (non-hydrogen) atoms. The molecule has 0 atom stereocenters. The zero-order chi connectivity index (χ0) is 13.5. The van der Waals surface area contributed by atoms with Crippen LogP contribution in [-0.2, 0) is 12.8 Å². The minimum atomic E-state index is -0.119. The largest absolute Gasteiger partial charge is 0.493 e. The summed E-state index contributed by atoms with van der Waals surface area (Å²) in [7, 11) is 0. The summed E-state index contributed by atoms with van der Waals surface area (Å²) in [5.74, 6) is 2.00. The smallest absolute Gasteiger partial charge is 0.122 e. The van der Waals surface area contributed by atoms with E-state index in [0.717, 1.165) is 48.7 Å². The van der Waals surface area contributed by atoms with Crippen molar-refractivity contribution in [1.29, 1.82) is 0 Å². The van der Waals surface area contributed by atoms with Crippen molar-refractivity contribution in [3.05, 3.63) is 58.7 Å². The second-order valence-electron chi connectivity index (χ2n) is 5.29. The van der Waals surface area contributed by atoms with Gasteiger partial charge in [-0.3, -0.25) is 0 Å². The van der Waals surface area contributed by atoms with Crippen LogP contribution in [0.3, 0.4) is 0 Å². The van der Waals surface area contributed by atoms with E-state index in [1.54, 1.807) is 0 Å². The number of halogens is 1. The molecule has 0 radical (unpaired) electrons. The molecule has 3 heteroatoms. The summed E-state index contributed by atoms with van der Waals surface area (Å²) in [5.41, 5.74) is 4.79. The molecule has 0 saturated heterocycles. The predicted octanol–water partition coefficient (Wildman–Crippen LogP) is 3.88. The first-order chi connectivity index (χ1) is 9.81. The van der Waals surface area contributed by atoms with E-state index in [1.165, 1.54) is 11.1 Å². The standard InChI is InChI=1S/C17H15ClO2/c18-17(13-1-3-15-11(9-13)5-7-19-15)14-2-4-16-12(10-14)6-8-20-16/h1-4,9-10,17H,5-8H2. The maximum atomic E-state index is 6.65. The van der Waals surface area contributed by atoms with Crippen molar-refractivity contribution in [3.8, 4) is 11.5 Å². The van der Waals surface area contributed by atoms with Crippen LogP contribution in [0.5, 0.6) is 11.5 Å². The average molecular weight is 287 g/mol. The van der Waals surface area contributed by atoms with E-state index in [0.29, 0.717) is 0 Å². The van der Waals surface area contributed by atoms with Gasteiger partial charge in [-0.2, -0.15) is 0 Å². The summed E-state index contributed by atoms with van der Waals surface area (Å²) >= 11 is 6.65. The molecule has 0 spiro atoms. The molecular weight excluding hydrogens is 272 g/mol. The summed E-state index contributed by atoms with van der Waals surface area (Å²) in [5, 5.41) is -0.119. The number of benzene rings is 2. The van der Waals surface area contributed by atoms with Crippen LogP contribution in [0.2, 0.25) is 0 Å². The summed E-state index contributed by atoms with van der Waals surface area (Å²) in [6.07, 6.45) is 1.95. The summed E-state index contributed by atoms with van der Waals surface area (Å²) in [4.78, 5) is 0. The van der Waals surface area contributed by atoms with Gasteiger partial charge in [0.15, 0.2) is 0 Å². The first kappa shape index (κ1) is 12.1. The summed E-state index contributed by atoms with van der Waals surface area (Å²) in [6, 6.07) is 12.5. The van der Waals surface area contributed by atoms with Crippen LogP contribution in [0.25, 0.3) is 0 Å². The highest BCUT2D eigenvalue weighted by molar-refractivity contribution is 6.22. The number of hydrogen-bond donors (Lipinski definition) is 0. The molecule has 0 aliphatic carbocycles. The third-order valence-corrected chi connectivity index (χ3v) is 4.52. The highest BCUT2D eigenvalue weighted by atomic mass is 35.5. The molecule has 4 rings (SSSR count). The Hall–Kier alpha value is -1.67. The molecule has 102 valence electrons. The van der Waals surface area contributed by atoms with Gasteiger partial charge in [0.2, 0.25) is 0 Å². The molecule has 2 aromatic carbocycles. The van der Waals surface area contributed by atoms with E-state index in [2.05, 4.69) is 24.3 Å². The van der Waals surface area contributed by atoms with Crippen LogP contribution in [0.4, 0.5) is 0 Å². The minimum absolute atomic E-state index is 0.119. The van der Waals surface area contributed by atoms with Crippen LogP contribution >= 0.6 is 11.6 Å². The third-order valence-electron chi connectivity index (χ3n) is 4.01. The molecule has 2 heterocycles. The van der Waals surface area contributed by atoms with Gasteiger partial charge >= 0.3 is 0 Å². The van der Waals surface area contributed by atoms with Gasteiger partial charge in [0.1, 0.15) is 11.5 Å². The predicted molar refractivity (Wildman–Crippen MR) is 79.0 cm³/mol. The number of alkyl halides is 1. The Balaban J connectivity index is 1.68. The average Bonchev–Trinajstić information content (AvgIpc) is 3.13. The lowest BCUT2D eigenvalue weighted by molar-refractivity contribution is 0.356. The lowest BCUT2D eigenvalue weighted by Crippen LogP contribution is -1.95. The van der Waals surface area contributed by atoms with Gasteiger partial charge in [0.25, 0.3) is 0 Å². The van der Waals surface area contributed by atoms with Crippen LogP contribution in [-0.4, -0.2) is 13.2 Å². The van der Waals surface area contributed by atoms with E-state index in [-0.39, 0.29) is 5.38 Å². The van der Waals surface area contributed by atoms with Crippen molar-refractivity contribution in [1.82, 2.24) is 0 Å². The van der Waals surface area contributed by atoms with Crippen LogP contribution in [0.15, 0.2) is 36.4 Å². The fourth-order valence-corrected chi connectivity index (χ4v) is 3.19. The Morgan fingerprint density at radius 2 is 1.30 bits per heavy atom. The molecule has 0 bridgehead atoms. The zero-order valence-corrected chi connectivity index (χ0v) is 11.8. The van der Waals surface area contributed by atoms with Crippen molar-refractivity contribution in [2.24, 2.45) is 0 Å². The van der Waals surface area contributed by atoms with Gasteiger partial charge in [0.05, 0.1) is 18.6 Å². The van der Waals surface area contributed by atoms with Crippen molar-refractivity contribution >= 4 is 11.6 Å². The van der Waals surface area contributed by atoms with E-state index < -0.39 is 0 Å². The molecule has 0 N–H and O–H groups in total. The van der Waals surface area contributed by atoms with Crippen molar-refractivity contribution in [3.63, 3.8) is 0 Å². The molecule has 2 nitrogen and oxygen atoms in total. The molecule has 0 aromatic heterocycles. The molecule has 2 aliphatic rings. The van der Waals surface area contributed by atoms with Crippen LogP contribution in [0.1, 0.15) is 27.6 Å². The van der Waals surface area contributed by atoms with Crippen LogP contribution in [0, 0.1) is 0 Å². The van der Waals surface area contributed by atoms with E-state index in [9.17, 15) is 0 Å². The van der Waals surface area contributed by atoms with Gasteiger partial charge in [-0.05, 0) is 34.4 Å². The van der Waals surface area contributed by atoms with Gasteiger partial charge in [0, 0.05) is 12.8 Å². The fourth-order valence-electron chi connectivity index (χ4n) is 2.92. The molecule has 0 amide bonds. The molecule has 0 fully saturated rings. The van der Waals surface area contributed by atoms with Gasteiger partial charge in [-0.15, -0.1) is 11.6 Å². The highest BCUT2D eigenvalue weighted by Gasteiger charge is 2.19. The van der Waals surface area contributed by atoms with E-state index in [1.807, 2.05) is 12.1 Å². The monoisotopic (exact) mass is 286 g/mol. The summed E-state index contributed by atoms with van der Waals surface area (Å²) < 4.78 is 11.1. The van der Waals surface area contributed by atoms with E-state index in [4.69, 9.17) is 21.1 Å². The molecule has 0 unspecified atom stereocenters. The first-order valence-electron chi connectivity index (χ1n) is 6.96. The maximum Gasteiger partial charge on any atom is 0.122 e. The highest BCUT2D eigenvalue weighted by Crippen LogP contribution is 2.36. The second-order valence-corrected chi connectivity index (χ2v) is 5.73. The normalized spacial score (nSPS) is 15.7. The van der Waals surface area contributed by atoms with Crippen LogP contribution < -0.4 is 9.47 Å². The summed E-state index contributed by atoms with van der Waals surface area (Å²) in [6.45, 7) is 1.56. The van der Waals surface area contributed by atoms with Crippen molar-refractivity contribution in [2.75, 3.05) is 13.2 Å². The number of rotatable bonds is 2. The van der Waals surface area contributed by atoms with Gasteiger partial charge in [-0.25, -0.2) is 0 Å². The second kappa shape index (κ2) is 4.71. The quantitative estimate of drug-likeness (QED) is 0.780. The lowest BCUT2D eigenvalue weighted by atomic mass is 9.99. The topological polar surface area (TPSA) is 18.5 Å². The SMILES string of the molecule is ClC(c1ccc2c(c1)CCO2)c1ccc2c(c1)CCO2. The van der Waals surface area contributed by atoms with E-state index >= 15 is 0 Å². The minimum Gasteiger partial charge on any atom is -0.493 e. The number of ether oxygens (including phenoxy) is 2. The Bertz CT molecular complexity index is 609. The fraction of sp³-hybridized carbons (Fsp3) is 0.294. The molecule has 2 aliphatic heterocycles. The Kier molecular flexibility index (Phi) is 2.85. The number of hydrogen-bond acceptors (Lipinski definition) is 2. The lowest BCUT2D eigenvalue weighted by Gasteiger charge is -2.12. The zero-order valence-electron chi connectivity index (χ0n) is 11.1. The first-order valence-corrected chi connectivity index (χ1v) is 7.40. The Morgan fingerprint density at radius 1 is 0.800 bits per heavy atom. The van der Waals surface area contributed by atoms with Crippen molar-refractivity contribution < 1.29 is 9.47 Å². The molecular formula is C17H15ClO2. The Labute approximate surface area is 123 Å². The van der Waals surface area contributed by atoms with Gasteiger partial charge < -0.3 is 9.47 Å². The molecule has 0 saturated carbocycles.